The van der Waals surface area contributed by atoms with Gasteiger partial charge in [0, 0.05) is 18.7 Å². The third kappa shape index (κ3) is 4.14. The van der Waals surface area contributed by atoms with E-state index in [1.165, 1.54) is 0 Å². The van der Waals surface area contributed by atoms with Gasteiger partial charge in [0.05, 0.1) is 34.4 Å². The summed E-state index contributed by atoms with van der Waals surface area (Å²) in [7, 11) is 6.37. The molecule has 3 N–H and O–H groups in total. The molecule has 34 heavy (non-hydrogen) atoms. The van der Waals surface area contributed by atoms with Gasteiger partial charge < -0.3 is 34.7 Å². The summed E-state index contributed by atoms with van der Waals surface area (Å²) in [5.41, 5.74) is 10.2. The average Bonchev–Trinajstić information content (AvgIpc) is 2.87. The molecule has 8 nitrogen and oxygen atoms in total. The fourth-order valence-electron chi connectivity index (χ4n) is 4.32. The van der Waals surface area contributed by atoms with Crippen molar-refractivity contribution in [1.29, 1.82) is 5.26 Å². The minimum atomic E-state index is -0.379. The van der Waals surface area contributed by atoms with Crippen molar-refractivity contribution in [3.05, 3.63) is 75.9 Å². The smallest absolute Gasteiger partial charge is 0.205 e. The Morgan fingerprint density at radius 2 is 1.59 bits per heavy atom. The monoisotopic (exact) mass is 461 g/mol. The Morgan fingerprint density at radius 3 is 2.24 bits per heavy atom. The maximum atomic E-state index is 9.91. The summed E-state index contributed by atoms with van der Waals surface area (Å²) in [6, 6.07) is 13.5. The lowest BCUT2D eigenvalue weighted by molar-refractivity contribution is 0.279. The molecule has 0 bridgehead atoms. The molecular weight excluding hydrogens is 434 g/mol. The predicted octanol–water partition coefficient (Wildman–Crippen LogP) is 3.47. The van der Waals surface area contributed by atoms with Crippen LogP contribution in [0.3, 0.4) is 0 Å². The van der Waals surface area contributed by atoms with E-state index in [0.717, 1.165) is 22.3 Å². The topological polar surface area (TPSA) is 108 Å². The van der Waals surface area contributed by atoms with Crippen molar-refractivity contribution in [1.82, 2.24) is 5.32 Å². The molecule has 0 spiro atoms. The Balaban J connectivity index is 1.82. The standard InChI is InChI=1S/C26H27N3O5/c1-30-20-7-5-15(10-22(20)32-3)9-17-13-29-14-19-24(18(12-27)26(28)34-25(17)19)16-6-8-21(31-2)23(11-16)33-4/h5-11,24,29H,13-14,28H2,1-4H3/b17-9+. The zero-order chi connectivity index (χ0) is 24.2. The summed E-state index contributed by atoms with van der Waals surface area (Å²) in [4.78, 5) is 0. The van der Waals surface area contributed by atoms with Crippen LogP contribution in [0.5, 0.6) is 23.0 Å². The van der Waals surface area contributed by atoms with Crippen molar-refractivity contribution in [3.63, 3.8) is 0 Å². The lowest BCUT2D eigenvalue weighted by Crippen LogP contribution is -2.34. The summed E-state index contributed by atoms with van der Waals surface area (Å²) >= 11 is 0. The minimum absolute atomic E-state index is 0.0983. The molecule has 0 saturated heterocycles. The van der Waals surface area contributed by atoms with E-state index in [4.69, 9.17) is 29.4 Å². The summed E-state index contributed by atoms with van der Waals surface area (Å²) in [5.74, 6) is 2.86. The molecule has 1 unspecified atom stereocenters. The Bertz CT molecular complexity index is 1240. The Morgan fingerprint density at radius 1 is 0.941 bits per heavy atom. The van der Waals surface area contributed by atoms with Gasteiger partial charge in [0.2, 0.25) is 5.88 Å². The molecule has 2 aromatic carbocycles. The van der Waals surface area contributed by atoms with Gasteiger partial charge in [0.1, 0.15) is 17.4 Å². The molecule has 0 saturated carbocycles. The van der Waals surface area contributed by atoms with Gasteiger partial charge in [-0.25, -0.2) is 0 Å². The van der Waals surface area contributed by atoms with E-state index < -0.39 is 0 Å². The molecule has 0 fully saturated rings. The molecule has 0 amide bonds. The number of ether oxygens (including phenoxy) is 5. The number of nitrogens with zero attached hydrogens (tertiary/aromatic N) is 1. The van der Waals surface area contributed by atoms with Gasteiger partial charge in [-0.3, -0.25) is 0 Å². The highest BCUT2D eigenvalue weighted by atomic mass is 16.5. The van der Waals surface area contributed by atoms with Gasteiger partial charge >= 0.3 is 0 Å². The summed E-state index contributed by atoms with van der Waals surface area (Å²) in [6.45, 7) is 1.14. The second-order valence-electron chi connectivity index (χ2n) is 7.78. The van der Waals surface area contributed by atoms with Crippen molar-refractivity contribution in [2.75, 3.05) is 41.5 Å². The highest BCUT2D eigenvalue weighted by Crippen LogP contribution is 2.44. The van der Waals surface area contributed by atoms with E-state index in [1.807, 2.05) is 42.5 Å². The van der Waals surface area contributed by atoms with Crippen molar-refractivity contribution in [3.8, 4) is 29.1 Å². The molecule has 0 radical (unpaired) electrons. The number of benzene rings is 2. The third-order valence-corrected chi connectivity index (χ3v) is 5.94. The van der Waals surface area contributed by atoms with Crippen molar-refractivity contribution >= 4 is 6.08 Å². The number of methoxy groups -OCH3 is 4. The number of nitrogens with two attached hydrogens (primary N) is 1. The fraction of sp³-hybridized carbons (Fsp3) is 0.269. The Hall–Kier alpha value is -4.09. The molecule has 0 aromatic heterocycles. The van der Waals surface area contributed by atoms with Crippen LogP contribution in [0.2, 0.25) is 0 Å². The average molecular weight is 462 g/mol. The maximum absolute atomic E-state index is 9.91. The number of nitriles is 1. The molecule has 2 aliphatic rings. The molecule has 2 heterocycles. The fourth-order valence-corrected chi connectivity index (χ4v) is 4.32. The van der Waals surface area contributed by atoms with Crippen LogP contribution in [0.25, 0.3) is 6.08 Å². The molecule has 176 valence electrons. The van der Waals surface area contributed by atoms with Gasteiger partial charge in [-0.1, -0.05) is 12.1 Å². The minimum Gasteiger partial charge on any atom is -0.493 e. The zero-order valence-corrected chi connectivity index (χ0v) is 19.6. The molecule has 0 aliphatic carbocycles. The van der Waals surface area contributed by atoms with Gasteiger partial charge in [-0.15, -0.1) is 0 Å². The molecule has 8 heteroatoms. The lowest BCUT2D eigenvalue weighted by atomic mass is 9.80. The van der Waals surface area contributed by atoms with Crippen LogP contribution < -0.4 is 30.0 Å². The summed E-state index contributed by atoms with van der Waals surface area (Å²) in [5, 5.41) is 13.3. The molecule has 2 aliphatic heterocycles. The largest absolute Gasteiger partial charge is 0.493 e. The number of rotatable bonds is 6. The van der Waals surface area contributed by atoms with Crippen LogP contribution in [0, 0.1) is 11.3 Å². The predicted molar refractivity (Wildman–Crippen MR) is 128 cm³/mol. The number of hydrogen-bond donors (Lipinski definition) is 2. The van der Waals surface area contributed by atoms with E-state index in [9.17, 15) is 5.26 Å². The number of allylic oxidation sites excluding steroid dienone is 1. The van der Waals surface area contributed by atoms with Crippen LogP contribution in [0.4, 0.5) is 0 Å². The van der Waals surface area contributed by atoms with E-state index in [-0.39, 0.29) is 11.8 Å². The van der Waals surface area contributed by atoms with Crippen LogP contribution in [-0.2, 0) is 4.74 Å². The molecule has 1 atom stereocenters. The third-order valence-electron chi connectivity index (χ3n) is 5.94. The van der Waals surface area contributed by atoms with Gasteiger partial charge in [0.15, 0.2) is 23.0 Å². The first-order valence-electron chi connectivity index (χ1n) is 10.7. The Kier molecular flexibility index (Phi) is 6.66. The van der Waals surface area contributed by atoms with Gasteiger partial charge in [0.25, 0.3) is 0 Å². The quantitative estimate of drug-likeness (QED) is 0.673. The molecule has 2 aromatic rings. The van der Waals surface area contributed by atoms with Crippen LogP contribution >= 0.6 is 0 Å². The first-order chi connectivity index (χ1) is 16.5. The summed E-state index contributed by atoms with van der Waals surface area (Å²) in [6.07, 6.45) is 2.01. The normalized spacial score (nSPS) is 18.7. The van der Waals surface area contributed by atoms with Crippen LogP contribution in [0.15, 0.2) is 64.8 Å². The van der Waals surface area contributed by atoms with E-state index >= 15 is 0 Å². The van der Waals surface area contributed by atoms with E-state index in [0.29, 0.717) is 47.4 Å². The SMILES string of the molecule is COc1ccc(/C=C2\CNCC3=C2OC(N)=C(C#N)C3c2ccc(OC)c(OC)c2)cc1OC. The Labute approximate surface area is 198 Å². The van der Waals surface area contributed by atoms with Crippen LogP contribution in [0.1, 0.15) is 17.0 Å². The molecule has 4 rings (SSSR count). The van der Waals surface area contributed by atoms with Crippen molar-refractivity contribution in [2.45, 2.75) is 5.92 Å². The lowest BCUT2D eigenvalue weighted by Gasteiger charge is -2.33. The second-order valence-corrected chi connectivity index (χ2v) is 7.78. The zero-order valence-electron chi connectivity index (χ0n) is 19.6. The highest BCUT2D eigenvalue weighted by molar-refractivity contribution is 5.65. The highest BCUT2D eigenvalue weighted by Gasteiger charge is 2.36. The van der Waals surface area contributed by atoms with Crippen LogP contribution in [-0.4, -0.2) is 41.5 Å². The first kappa shape index (κ1) is 23.1. The van der Waals surface area contributed by atoms with Crippen molar-refractivity contribution < 1.29 is 23.7 Å². The molecular formula is C26H27N3O5. The number of nitrogens with one attached hydrogen (secondary N) is 1. The van der Waals surface area contributed by atoms with Crippen molar-refractivity contribution in [2.24, 2.45) is 5.73 Å². The maximum Gasteiger partial charge on any atom is 0.205 e. The second kappa shape index (κ2) is 9.81. The number of hydrogen-bond acceptors (Lipinski definition) is 8. The summed E-state index contributed by atoms with van der Waals surface area (Å²) < 4.78 is 27.7. The van der Waals surface area contributed by atoms with Gasteiger partial charge in [-0.05, 0) is 47.0 Å². The first-order valence-corrected chi connectivity index (χ1v) is 10.7. The van der Waals surface area contributed by atoms with E-state index in [1.54, 1.807) is 28.4 Å². The van der Waals surface area contributed by atoms with E-state index in [2.05, 4.69) is 11.4 Å². The van der Waals surface area contributed by atoms with Gasteiger partial charge in [-0.2, -0.15) is 5.26 Å².